The van der Waals surface area contributed by atoms with Crippen molar-refractivity contribution in [2.75, 3.05) is 31.1 Å². The lowest BCUT2D eigenvalue weighted by Crippen LogP contribution is -2.48. The summed E-state index contributed by atoms with van der Waals surface area (Å²) in [5.74, 6) is 1.67. The Morgan fingerprint density at radius 2 is 2.38 bits per heavy atom. The minimum Gasteiger partial charge on any atom is -0.467 e. The van der Waals surface area contributed by atoms with Crippen molar-refractivity contribution in [2.24, 2.45) is 0 Å². The maximum Gasteiger partial charge on any atom is 0.151 e. The van der Waals surface area contributed by atoms with Crippen LogP contribution in [0.15, 0.2) is 41.1 Å². The molecule has 0 aliphatic carbocycles. The van der Waals surface area contributed by atoms with Gasteiger partial charge in [0, 0.05) is 31.9 Å². The van der Waals surface area contributed by atoms with Crippen LogP contribution in [0.2, 0.25) is 0 Å². The number of aliphatic hydroxyl groups excluding tert-OH is 1. The van der Waals surface area contributed by atoms with Crippen LogP contribution in [0.25, 0.3) is 0 Å². The predicted molar refractivity (Wildman–Crippen MR) is 89.6 cm³/mol. The zero-order valence-corrected chi connectivity index (χ0v) is 13.7. The van der Waals surface area contributed by atoms with Gasteiger partial charge in [-0.25, -0.2) is 0 Å². The van der Waals surface area contributed by atoms with Crippen molar-refractivity contribution in [3.63, 3.8) is 0 Å². The van der Waals surface area contributed by atoms with E-state index in [1.807, 2.05) is 24.3 Å². The second-order valence-electron chi connectivity index (χ2n) is 6.02. The number of nitrogens with zero attached hydrogens (tertiary/aromatic N) is 3. The van der Waals surface area contributed by atoms with Crippen molar-refractivity contribution in [3.05, 3.63) is 42.5 Å². The zero-order chi connectivity index (χ0) is 16.6. The van der Waals surface area contributed by atoms with E-state index in [1.165, 1.54) is 0 Å². The first-order valence-electron chi connectivity index (χ1n) is 8.35. The topological polar surface area (TPSA) is 83.7 Å². The Bertz CT molecular complexity index is 579. The number of aromatic nitrogens is 2. The summed E-state index contributed by atoms with van der Waals surface area (Å²) in [5.41, 5.74) is 0. The summed E-state index contributed by atoms with van der Waals surface area (Å²) in [5, 5.41) is 21.6. The molecule has 1 saturated heterocycles. The molecule has 7 nitrogen and oxygen atoms in total. The molecule has 3 heterocycles. The van der Waals surface area contributed by atoms with Gasteiger partial charge in [-0.15, -0.1) is 5.10 Å². The lowest BCUT2D eigenvalue weighted by molar-refractivity contribution is 0.0213. The highest BCUT2D eigenvalue weighted by atomic mass is 16.5. The van der Waals surface area contributed by atoms with Crippen molar-refractivity contribution in [1.29, 1.82) is 0 Å². The van der Waals surface area contributed by atoms with Crippen LogP contribution >= 0.6 is 0 Å². The molecule has 7 heteroatoms. The van der Waals surface area contributed by atoms with Gasteiger partial charge < -0.3 is 24.5 Å². The number of nitrogens with one attached hydrogen (secondary N) is 1. The molecule has 2 N–H and O–H groups in total. The van der Waals surface area contributed by atoms with E-state index in [4.69, 9.17) is 9.15 Å². The minimum absolute atomic E-state index is 0.286. The third-order valence-electron chi connectivity index (χ3n) is 4.08. The zero-order valence-electron chi connectivity index (χ0n) is 13.7. The highest BCUT2D eigenvalue weighted by molar-refractivity contribution is 5.37. The maximum atomic E-state index is 10.0. The van der Waals surface area contributed by atoms with Gasteiger partial charge in [0.1, 0.15) is 12.4 Å². The van der Waals surface area contributed by atoms with E-state index in [1.54, 1.807) is 12.5 Å². The van der Waals surface area contributed by atoms with Gasteiger partial charge in [-0.05, 0) is 37.1 Å². The molecule has 130 valence electrons. The number of furan rings is 1. The van der Waals surface area contributed by atoms with Crippen molar-refractivity contribution in [2.45, 2.75) is 31.6 Å². The molecule has 0 saturated carbocycles. The Balaban J connectivity index is 1.36. The Morgan fingerprint density at radius 3 is 3.17 bits per heavy atom. The molecule has 2 atom stereocenters. The minimum atomic E-state index is -0.535. The summed E-state index contributed by atoms with van der Waals surface area (Å²) in [6.45, 7) is 3.05. The van der Waals surface area contributed by atoms with Gasteiger partial charge in [-0.2, -0.15) is 5.10 Å². The van der Waals surface area contributed by atoms with Gasteiger partial charge in [0.2, 0.25) is 0 Å². The standard InChI is InChI=1S/C17H24N4O3/c22-15(12-23-13-16-5-3-9-24-16)10-18-14-4-2-8-21(11-14)17-6-1-7-19-20-17/h1,3,5-7,9,14-15,18,22H,2,4,8,10-13H2/t14-,15+/m1/s1. The number of anilines is 1. The summed E-state index contributed by atoms with van der Waals surface area (Å²) in [4.78, 5) is 2.23. The lowest BCUT2D eigenvalue weighted by Gasteiger charge is -2.34. The van der Waals surface area contributed by atoms with E-state index >= 15 is 0 Å². The number of hydrogen-bond donors (Lipinski definition) is 2. The largest absolute Gasteiger partial charge is 0.467 e. The van der Waals surface area contributed by atoms with Crippen molar-refractivity contribution in [1.82, 2.24) is 15.5 Å². The fraction of sp³-hybridized carbons (Fsp3) is 0.529. The molecule has 1 fully saturated rings. The molecule has 1 aliphatic rings. The number of hydrogen-bond acceptors (Lipinski definition) is 7. The average Bonchev–Trinajstić information content (AvgIpc) is 3.14. The van der Waals surface area contributed by atoms with E-state index in [0.29, 0.717) is 19.2 Å². The Morgan fingerprint density at radius 1 is 1.42 bits per heavy atom. The number of aliphatic hydroxyl groups is 1. The van der Waals surface area contributed by atoms with Crippen LogP contribution in [0.1, 0.15) is 18.6 Å². The average molecular weight is 332 g/mol. The van der Waals surface area contributed by atoms with E-state index < -0.39 is 6.10 Å². The van der Waals surface area contributed by atoms with Gasteiger partial charge in [-0.1, -0.05) is 0 Å². The van der Waals surface area contributed by atoms with Gasteiger partial charge in [0.25, 0.3) is 0 Å². The summed E-state index contributed by atoms with van der Waals surface area (Å²) in [6.07, 6.45) is 4.95. The van der Waals surface area contributed by atoms with Crippen molar-refractivity contribution < 1.29 is 14.3 Å². The number of piperidine rings is 1. The molecule has 2 aromatic rings. The second-order valence-corrected chi connectivity index (χ2v) is 6.02. The molecule has 1 aliphatic heterocycles. The van der Waals surface area contributed by atoms with Crippen molar-refractivity contribution >= 4 is 5.82 Å². The SMILES string of the molecule is O[C@@H](CN[C@@H]1CCCN(c2cccnn2)C1)COCc1ccco1. The summed E-state index contributed by atoms with van der Waals surface area (Å²) in [6, 6.07) is 7.89. The Labute approximate surface area is 141 Å². The number of rotatable bonds is 8. The molecular weight excluding hydrogens is 308 g/mol. The van der Waals surface area contributed by atoms with Crippen LogP contribution in [-0.4, -0.2) is 53.7 Å². The van der Waals surface area contributed by atoms with Crippen LogP contribution in [0.3, 0.4) is 0 Å². The first-order valence-corrected chi connectivity index (χ1v) is 8.35. The maximum absolute atomic E-state index is 10.0. The second kappa shape index (κ2) is 8.77. The van der Waals surface area contributed by atoms with E-state index in [2.05, 4.69) is 20.4 Å². The molecule has 0 unspecified atom stereocenters. The first-order chi connectivity index (χ1) is 11.8. The van der Waals surface area contributed by atoms with Crippen LogP contribution in [-0.2, 0) is 11.3 Å². The highest BCUT2D eigenvalue weighted by Gasteiger charge is 2.21. The predicted octanol–water partition coefficient (Wildman–Crippen LogP) is 1.21. The van der Waals surface area contributed by atoms with Gasteiger partial charge in [-0.3, -0.25) is 0 Å². The van der Waals surface area contributed by atoms with Gasteiger partial charge in [0.05, 0.1) is 19.0 Å². The van der Waals surface area contributed by atoms with Gasteiger partial charge in [0.15, 0.2) is 5.82 Å². The quantitative estimate of drug-likeness (QED) is 0.751. The molecule has 0 aromatic carbocycles. The van der Waals surface area contributed by atoms with E-state index in [-0.39, 0.29) is 6.61 Å². The van der Waals surface area contributed by atoms with E-state index in [0.717, 1.165) is 37.5 Å². The fourth-order valence-corrected chi connectivity index (χ4v) is 2.87. The Hall–Kier alpha value is -1.96. The molecule has 24 heavy (non-hydrogen) atoms. The molecule has 0 amide bonds. The lowest BCUT2D eigenvalue weighted by atomic mass is 10.1. The molecule has 2 aromatic heterocycles. The third kappa shape index (κ3) is 5.02. The van der Waals surface area contributed by atoms with E-state index in [9.17, 15) is 5.11 Å². The molecule has 0 bridgehead atoms. The first kappa shape index (κ1) is 16.9. The Kier molecular flexibility index (Phi) is 6.17. The van der Waals surface area contributed by atoms with Gasteiger partial charge >= 0.3 is 0 Å². The molecular formula is C17H24N4O3. The number of ether oxygens (including phenoxy) is 1. The molecule has 3 rings (SSSR count). The third-order valence-corrected chi connectivity index (χ3v) is 4.08. The fourth-order valence-electron chi connectivity index (χ4n) is 2.87. The monoisotopic (exact) mass is 332 g/mol. The van der Waals surface area contributed by atoms with Crippen LogP contribution in [0, 0.1) is 0 Å². The smallest absolute Gasteiger partial charge is 0.151 e. The van der Waals surface area contributed by atoms with Crippen LogP contribution in [0.4, 0.5) is 5.82 Å². The molecule has 0 radical (unpaired) electrons. The summed E-state index contributed by atoms with van der Waals surface area (Å²) in [7, 11) is 0. The van der Waals surface area contributed by atoms with Crippen LogP contribution < -0.4 is 10.2 Å². The van der Waals surface area contributed by atoms with Crippen LogP contribution in [0.5, 0.6) is 0 Å². The molecule has 0 spiro atoms. The van der Waals surface area contributed by atoms with Crippen molar-refractivity contribution in [3.8, 4) is 0 Å². The highest BCUT2D eigenvalue weighted by Crippen LogP contribution is 2.16. The normalized spacial score (nSPS) is 19.4. The summed E-state index contributed by atoms with van der Waals surface area (Å²) < 4.78 is 10.6. The summed E-state index contributed by atoms with van der Waals surface area (Å²) >= 11 is 0.